The molecule has 4 rings (SSSR count). The van der Waals surface area contributed by atoms with Crippen LogP contribution in [-0.4, -0.2) is 48.1 Å². The van der Waals surface area contributed by atoms with E-state index in [0.29, 0.717) is 18.1 Å². The van der Waals surface area contributed by atoms with Crippen LogP contribution in [0, 0.1) is 5.92 Å². The van der Waals surface area contributed by atoms with Crippen molar-refractivity contribution in [2.75, 3.05) is 13.1 Å². The fraction of sp³-hybridized carbons (Fsp3) is 0.682. The number of amides is 1. The van der Waals surface area contributed by atoms with Crippen LogP contribution in [0.5, 0.6) is 0 Å². The minimum atomic E-state index is 0. The van der Waals surface area contributed by atoms with Gasteiger partial charge in [0.05, 0.1) is 6.04 Å². The molecule has 3 saturated heterocycles. The van der Waals surface area contributed by atoms with Gasteiger partial charge in [-0.1, -0.05) is 30.3 Å². The molecule has 158 valence electrons. The lowest BCUT2D eigenvalue weighted by Gasteiger charge is -2.37. The number of piperidine rings is 2. The molecular formula is C22H35Cl2N3O. The van der Waals surface area contributed by atoms with E-state index in [-0.39, 0.29) is 36.8 Å². The Hall–Kier alpha value is -0.810. The summed E-state index contributed by atoms with van der Waals surface area (Å²) in [4.78, 5) is 15.1. The molecule has 4 nitrogen and oxygen atoms in total. The summed E-state index contributed by atoms with van der Waals surface area (Å²) in [7, 11) is 0. The first-order valence-electron chi connectivity index (χ1n) is 10.5. The number of hydrogen-bond donors (Lipinski definition) is 2. The van der Waals surface area contributed by atoms with Crippen molar-refractivity contribution in [3.8, 4) is 0 Å². The van der Waals surface area contributed by atoms with Gasteiger partial charge in [-0.15, -0.1) is 24.8 Å². The standard InChI is InChI=1S/C22H33N3O.2ClH/c1-16(22(26)24-21-14-19-7-8-20(15-21)23-19)25-11-9-18(10-12-25)13-17-5-3-2-4-6-17;;/h2-6,16,18-21,23H,7-15H2,1H3,(H,24,26);2*1H. The first-order valence-corrected chi connectivity index (χ1v) is 10.5. The molecule has 0 radical (unpaired) electrons. The molecule has 3 heterocycles. The topological polar surface area (TPSA) is 44.4 Å². The van der Waals surface area contributed by atoms with Crippen LogP contribution in [0.25, 0.3) is 0 Å². The maximum absolute atomic E-state index is 12.7. The summed E-state index contributed by atoms with van der Waals surface area (Å²) in [5.74, 6) is 0.988. The molecule has 1 aromatic carbocycles. The molecular weight excluding hydrogens is 393 g/mol. The Morgan fingerprint density at radius 2 is 1.68 bits per heavy atom. The lowest BCUT2D eigenvalue weighted by atomic mass is 9.89. The second-order valence-electron chi connectivity index (χ2n) is 8.66. The number of nitrogens with one attached hydrogen (secondary N) is 2. The summed E-state index contributed by atoms with van der Waals surface area (Å²) in [6.07, 6.45) is 8.34. The van der Waals surface area contributed by atoms with Gasteiger partial charge in [0.1, 0.15) is 0 Å². The van der Waals surface area contributed by atoms with Crippen molar-refractivity contribution in [1.29, 1.82) is 0 Å². The van der Waals surface area contributed by atoms with Crippen molar-refractivity contribution in [2.24, 2.45) is 5.92 Å². The van der Waals surface area contributed by atoms with E-state index in [1.807, 2.05) is 0 Å². The number of hydrogen-bond acceptors (Lipinski definition) is 3. The van der Waals surface area contributed by atoms with Crippen LogP contribution in [0.2, 0.25) is 0 Å². The number of rotatable bonds is 5. The van der Waals surface area contributed by atoms with Gasteiger partial charge in [-0.3, -0.25) is 9.69 Å². The van der Waals surface area contributed by atoms with E-state index in [0.717, 1.165) is 31.8 Å². The molecule has 3 unspecified atom stereocenters. The van der Waals surface area contributed by atoms with Crippen molar-refractivity contribution < 1.29 is 4.79 Å². The maximum Gasteiger partial charge on any atom is 0.237 e. The summed E-state index contributed by atoms with van der Waals surface area (Å²) in [5, 5.41) is 7.00. The summed E-state index contributed by atoms with van der Waals surface area (Å²) >= 11 is 0. The Balaban J connectivity index is 0.00000140. The van der Waals surface area contributed by atoms with Crippen LogP contribution in [-0.2, 0) is 11.2 Å². The molecule has 2 N–H and O–H groups in total. The van der Waals surface area contributed by atoms with Gasteiger partial charge in [0, 0.05) is 18.1 Å². The number of carbonyl (C=O) groups is 1. The second-order valence-corrected chi connectivity index (χ2v) is 8.66. The van der Waals surface area contributed by atoms with Crippen molar-refractivity contribution in [3.05, 3.63) is 35.9 Å². The number of fused-ring (bicyclic) bond motifs is 2. The molecule has 28 heavy (non-hydrogen) atoms. The van der Waals surface area contributed by atoms with Crippen molar-refractivity contribution in [2.45, 2.75) is 76.0 Å². The van der Waals surface area contributed by atoms with Gasteiger partial charge in [-0.25, -0.2) is 0 Å². The SMILES string of the molecule is CC(C(=O)NC1CC2CCC(C1)N2)N1CCC(Cc2ccccc2)CC1.Cl.Cl. The highest BCUT2D eigenvalue weighted by Gasteiger charge is 2.35. The lowest BCUT2D eigenvalue weighted by Crippen LogP contribution is -2.54. The highest BCUT2D eigenvalue weighted by molar-refractivity contribution is 5.85. The van der Waals surface area contributed by atoms with Gasteiger partial charge in [0.25, 0.3) is 0 Å². The molecule has 0 spiro atoms. The molecule has 3 fully saturated rings. The van der Waals surface area contributed by atoms with E-state index in [2.05, 4.69) is 52.8 Å². The molecule has 1 aromatic rings. The Kier molecular flexibility index (Phi) is 9.07. The average molecular weight is 428 g/mol. The van der Waals surface area contributed by atoms with Gasteiger partial charge in [-0.2, -0.15) is 0 Å². The quantitative estimate of drug-likeness (QED) is 0.754. The highest BCUT2D eigenvalue weighted by atomic mass is 35.5. The zero-order chi connectivity index (χ0) is 17.9. The van der Waals surface area contributed by atoms with Gasteiger partial charge in [0.2, 0.25) is 5.91 Å². The minimum absolute atomic E-state index is 0. The summed E-state index contributed by atoms with van der Waals surface area (Å²) in [6.45, 7) is 4.18. The predicted molar refractivity (Wildman–Crippen MR) is 120 cm³/mol. The maximum atomic E-state index is 12.7. The fourth-order valence-electron chi connectivity index (χ4n) is 5.15. The molecule has 6 heteroatoms. The van der Waals surface area contributed by atoms with Crippen LogP contribution in [0.1, 0.15) is 51.0 Å². The summed E-state index contributed by atoms with van der Waals surface area (Å²) in [6, 6.07) is 12.4. The number of likely N-dealkylation sites (tertiary alicyclic amines) is 1. The number of nitrogens with zero attached hydrogens (tertiary/aromatic N) is 1. The highest BCUT2D eigenvalue weighted by Crippen LogP contribution is 2.27. The van der Waals surface area contributed by atoms with Crippen LogP contribution < -0.4 is 10.6 Å². The van der Waals surface area contributed by atoms with Crippen molar-refractivity contribution in [3.63, 3.8) is 0 Å². The van der Waals surface area contributed by atoms with E-state index in [4.69, 9.17) is 0 Å². The van der Waals surface area contributed by atoms with E-state index in [1.165, 1.54) is 37.7 Å². The van der Waals surface area contributed by atoms with Crippen molar-refractivity contribution in [1.82, 2.24) is 15.5 Å². The average Bonchev–Trinajstić information content (AvgIpc) is 3.01. The van der Waals surface area contributed by atoms with E-state index < -0.39 is 0 Å². The van der Waals surface area contributed by atoms with E-state index in [1.54, 1.807) is 0 Å². The van der Waals surface area contributed by atoms with Crippen molar-refractivity contribution >= 4 is 30.7 Å². The zero-order valence-corrected chi connectivity index (χ0v) is 18.4. The second kappa shape index (κ2) is 10.8. The Morgan fingerprint density at radius 3 is 2.29 bits per heavy atom. The predicted octanol–water partition coefficient (Wildman–Crippen LogP) is 3.57. The summed E-state index contributed by atoms with van der Waals surface area (Å²) < 4.78 is 0. The molecule has 1 amide bonds. The zero-order valence-electron chi connectivity index (χ0n) is 16.8. The lowest BCUT2D eigenvalue weighted by molar-refractivity contribution is -0.127. The molecule has 3 aliphatic heterocycles. The van der Waals surface area contributed by atoms with Crippen LogP contribution in [0.3, 0.4) is 0 Å². The Bertz CT molecular complexity index is 595. The largest absolute Gasteiger partial charge is 0.352 e. The number of benzene rings is 1. The monoisotopic (exact) mass is 427 g/mol. The Labute approximate surface area is 182 Å². The Morgan fingerprint density at radius 1 is 1.07 bits per heavy atom. The van der Waals surface area contributed by atoms with Gasteiger partial charge < -0.3 is 10.6 Å². The molecule has 0 aromatic heterocycles. The number of carbonyl (C=O) groups excluding carboxylic acids is 1. The normalized spacial score (nSPS) is 28.7. The first kappa shape index (κ1) is 23.5. The van der Waals surface area contributed by atoms with Crippen LogP contribution in [0.15, 0.2) is 30.3 Å². The molecule has 3 aliphatic rings. The smallest absolute Gasteiger partial charge is 0.237 e. The third kappa shape index (κ3) is 5.85. The van der Waals surface area contributed by atoms with Gasteiger partial charge >= 0.3 is 0 Å². The third-order valence-corrected chi connectivity index (χ3v) is 6.76. The van der Waals surface area contributed by atoms with Gasteiger partial charge in [-0.05, 0) is 76.4 Å². The molecule has 3 atom stereocenters. The first-order chi connectivity index (χ1) is 12.7. The third-order valence-electron chi connectivity index (χ3n) is 6.76. The minimum Gasteiger partial charge on any atom is -0.352 e. The van der Waals surface area contributed by atoms with E-state index in [9.17, 15) is 4.79 Å². The van der Waals surface area contributed by atoms with Crippen LogP contribution >= 0.6 is 24.8 Å². The van der Waals surface area contributed by atoms with Crippen LogP contribution in [0.4, 0.5) is 0 Å². The molecule has 0 aliphatic carbocycles. The molecule has 0 saturated carbocycles. The van der Waals surface area contributed by atoms with Gasteiger partial charge in [0.15, 0.2) is 0 Å². The number of halogens is 2. The molecule has 2 bridgehead atoms. The fourth-order valence-corrected chi connectivity index (χ4v) is 5.15. The summed E-state index contributed by atoms with van der Waals surface area (Å²) in [5.41, 5.74) is 1.44. The van der Waals surface area contributed by atoms with E-state index >= 15 is 0 Å².